The Hall–Kier alpha value is -3.14. The Morgan fingerprint density at radius 3 is 1.77 bits per heavy atom. The maximum absolute atomic E-state index is 11.1. The molecule has 1 fully saturated rings. The Kier molecular flexibility index (Phi) is 10.6. The molecule has 0 unspecified atom stereocenters. The van der Waals surface area contributed by atoms with E-state index in [0.717, 1.165) is 28.2 Å². The molecule has 4 atom stereocenters. The number of phenolic OH excluding ortho intramolecular Hbond substituents is 1. The van der Waals surface area contributed by atoms with Crippen LogP contribution in [-0.2, 0) is 27.4 Å². The summed E-state index contributed by atoms with van der Waals surface area (Å²) in [4.78, 5) is 2.22. The highest BCUT2D eigenvalue weighted by atomic mass is 16.6. The van der Waals surface area contributed by atoms with Crippen LogP contribution in [0.3, 0.4) is 0 Å². The van der Waals surface area contributed by atoms with Crippen molar-refractivity contribution in [3.05, 3.63) is 89.5 Å². The molecule has 1 saturated heterocycles. The number of benzene rings is 3. The molecule has 8 heteroatoms. The molecule has 2 N–H and O–H groups in total. The summed E-state index contributed by atoms with van der Waals surface area (Å²) in [6, 6.07) is 22.1. The molecule has 0 aliphatic carbocycles. The molecule has 0 spiro atoms. The van der Waals surface area contributed by atoms with Crippen molar-refractivity contribution in [3.63, 3.8) is 0 Å². The number of aliphatic hydroxyl groups is 1. The molecule has 210 valence electrons. The summed E-state index contributed by atoms with van der Waals surface area (Å²) in [6.45, 7) is 4.80. The van der Waals surface area contributed by atoms with Crippen LogP contribution in [0.1, 0.15) is 29.7 Å². The van der Waals surface area contributed by atoms with E-state index >= 15 is 0 Å². The van der Waals surface area contributed by atoms with Crippen molar-refractivity contribution in [1.82, 2.24) is 4.90 Å². The van der Waals surface area contributed by atoms with Gasteiger partial charge >= 0.3 is 0 Å². The lowest BCUT2D eigenvalue weighted by molar-refractivity contribution is -0.150. The summed E-state index contributed by atoms with van der Waals surface area (Å²) in [5.41, 5.74) is 2.70. The molecule has 3 aromatic carbocycles. The summed E-state index contributed by atoms with van der Waals surface area (Å²) in [7, 11) is 3.30. The highest BCUT2D eigenvalue weighted by Crippen LogP contribution is 2.27. The lowest BCUT2D eigenvalue weighted by atomic mass is 10.0. The van der Waals surface area contributed by atoms with Crippen molar-refractivity contribution in [2.45, 2.75) is 44.5 Å². The standard InChI is InChI=1S/C31H39NO7/c1-22(31(34)23-12-14-26(33)15-13-23)32-16-27(20-37-18-24-8-4-6-10-29(24)35-2)39-28(17-32)21-38-19-25-9-5-7-11-30(25)36-3/h4-15,22,27-28,31,33-34H,16-21H2,1-3H3/t22-,27+,28+,31-/m1/s1. The van der Waals surface area contributed by atoms with Gasteiger partial charge in [-0.2, -0.15) is 0 Å². The van der Waals surface area contributed by atoms with Gasteiger partial charge in [0.25, 0.3) is 0 Å². The third-order valence-electron chi connectivity index (χ3n) is 7.04. The zero-order valence-corrected chi connectivity index (χ0v) is 22.9. The minimum atomic E-state index is -0.728. The monoisotopic (exact) mass is 537 g/mol. The Morgan fingerprint density at radius 1 is 0.795 bits per heavy atom. The van der Waals surface area contributed by atoms with Crippen molar-refractivity contribution < 1.29 is 33.9 Å². The molecule has 0 amide bonds. The van der Waals surface area contributed by atoms with Crippen LogP contribution < -0.4 is 9.47 Å². The van der Waals surface area contributed by atoms with Crippen LogP contribution in [-0.4, -0.2) is 73.9 Å². The number of aromatic hydroxyl groups is 1. The normalized spacial score (nSPS) is 19.4. The number of ether oxygens (including phenoxy) is 5. The summed E-state index contributed by atoms with van der Waals surface area (Å²) >= 11 is 0. The maximum Gasteiger partial charge on any atom is 0.124 e. The first-order valence-electron chi connectivity index (χ1n) is 13.2. The zero-order valence-electron chi connectivity index (χ0n) is 22.9. The second-order valence-electron chi connectivity index (χ2n) is 9.76. The van der Waals surface area contributed by atoms with Gasteiger partial charge < -0.3 is 33.9 Å². The van der Waals surface area contributed by atoms with Crippen LogP contribution in [0.4, 0.5) is 0 Å². The fourth-order valence-electron chi connectivity index (χ4n) is 4.87. The van der Waals surface area contributed by atoms with E-state index in [1.165, 1.54) is 0 Å². The van der Waals surface area contributed by atoms with Gasteiger partial charge in [-0.05, 0) is 36.8 Å². The van der Waals surface area contributed by atoms with Crippen LogP contribution in [0, 0.1) is 0 Å². The van der Waals surface area contributed by atoms with Gasteiger partial charge in [0.1, 0.15) is 17.2 Å². The van der Waals surface area contributed by atoms with Gasteiger partial charge in [-0.1, -0.05) is 48.5 Å². The Balaban J connectivity index is 1.40. The smallest absolute Gasteiger partial charge is 0.124 e. The van der Waals surface area contributed by atoms with E-state index in [0.29, 0.717) is 39.5 Å². The lowest BCUT2D eigenvalue weighted by Gasteiger charge is -2.42. The molecule has 1 aliphatic rings. The maximum atomic E-state index is 11.1. The molecule has 0 aromatic heterocycles. The van der Waals surface area contributed by atoms with Crippen LogP contribution in [0.5, 0.6) is 17.2 Å². The Bertz CT molecular complexity index is 1090. The lowest BCUT2D eigenvalue weighted by Crippen LogP contribution is -2.54. The molecule has 1 heterocycles. The van der Waals surface area contributed by atoms with Crippen molar-refractivity contribution in [3.8, 4) is 17.2 Å². The number of methoxy groups -OCH3 is 2. The van der Waals surface area contributed by atoms with Crippen LogP contribution >= 0.6 is 0 Å². The molecular formula is C31H39NO7. The fraction of sp³-hybridized carbons (Fsp3) is 0.419. The Morgan fingerprint density at radius 2 is 1.28 bits per heavy atom. The van der Waals surface area contributed by atoms with E-state index in [1.54, 1.807) is 38.5 Å². The third-order valence-corrected chi connectivity index (χ3v) is 7.04. The first-order valence-corrected chi connectivity index (χ1v) is 13.2. The quantitative estimate of drug-likeness (QED) is 0.333. The molecule has 8 nitrogen and oxygen atoms in total. The first kappa shape index (κ1) is 28.9. The molecule has 3 aromatic rings. The third kappa shape index (κ3) is 7.94. The van der Waals surface area contributed by atoms with Gasteiger partial charge in [0.15, 0.2) is 0 Å². The van der Waals surface area contributed by atoms with Gasteiger partial charge in [0.2, 0.25) is 0 Å². The summed E-state index contributed by atoms with van der Waals surface area (Å²) < 4.78 is 29.4. The number of nitrogens with zero attached hydrogens (tertiary/aromatic N) is 1. The number of phenols is 1. The minimum Gasteiger partial charge on any atom is -0.508 e. The molecular weight excluding hydrogens is 498 g/mol. The van der Waals surface area contributed by atoms with Crippen molar-refractivity contribution in [1.29, 1.82) is 0 Å². The van der Waals surface area contributed by atoms with Crippen molar-refractivity contribution >= 4 is 0 Å². The van der Waals surface area contributed by atoms with Gasteiger partial charge in [0, 0.05) is 30.3 Å². The van der Waals surface area contributed by atoms with Gasteiger partial charge in [-0.3, -0.25) is 4.90 Å². The van der Waals surface area contributed by atoms with Crippen LogP contribution in [0.25, 0.3) is 0 Å². The highest BCUT2D eigenvalue weighted by Gasteiger charge is 2.33. The molecule has 0 saturated carbocycles. The number of aliphatic hydroxyl groups excluding tert-OH is 1. The number of rotatable bonds is 13. The number of morpholine rings is 1. The van der Waals surface area contributed by atoms with E-state index in [4.69, 9.17) is 23.7 Å². The van der Waals surface area contributed by atoms with Gasteiger partial charge in [0.05, 0.1) is 59.0 Å². The summed E-state index contributed by atoms with van der Waals surface area (Å²) in [6.07, 6.45) is -1.14. The highest BCUT2D eigenvalue weighted by molar-refractivity contribution is 5.33. The number of hydrogen-bond acceptors (Lipinski definition) is 8. The molecule has 4 rings (SSSR count). The second kappa shape index (κ2) is 14.3. The topological polar surface area (TPSA) is 89.9 Å². The van der Waals surface area contributed by atoms with E-state index in [-0.39, 0.29) is 24.0 Å². The van der Waals surface area contributed by atoms with Gasteiger partial charge in [-0.15, -0.1) is 0 Å². The predicted octanol–water partition coefficient (Wildman–Crippen LogP) is 4.33. The number of hydrogen-bond donors (Lipinski definition) is 2. The van der Waals surface area contributed by atoms with E-state index in [1.807, 2.05) is 55.5 Å². The average molecular weight is 538 g/mol. The zero-order chi connectivity index (χ0) is 27.6. The van der Waals surface area contributed by atoms with Crippen molar-refractivity contribution in [2.24, 2.45) is 0 Å². The Labute approximate surface area is 230 Å². The largest absolute Gasteiger partial charge is 0.508 e. The van der Waals surface area contributed by atoms with E-state index in [2.05, 4.69) is 4.90 Å². The second-order valence-corrected chi connectivity index (χ2v) is 9.76. The molecule has 1 aliphatic heterocycles. The summed E-state index contributed by atoms with van der Waals surface area (Å²) in [5, 5.41) is 20.8. The van der Waals surface area contributed by atoms with Gasteiger partial charge in [-0.25, -0.2) is 0 Å². The fourth-order valence-corrected chi connectivity index (χ4v) is 4.87. The van der Waals surface area contributed by atoms with E-state index in [9.17, 15) is 10.2 Å². The molecule has 39 heavy (non-hydrogen) atoms. The predicted molar refractivity (Wildman–Crippen MR) is 148 cm³/mol. The molecule has 0 radical (unpaired) electrons. The molecule has 0 bridgehead atoms. The number of para-hydroxylation sites is 2. The SMILES string of the molecule is COc1ccccc1COC[C@@H]1CN([C@H](C)[C@@H](O)c2ccc(O)cc2)C[C@@H](COCc2ccccc2OC)O1. The summed E-state index contributed by atoms with van der Waals surface area (Å²) in [5.74, 6) is 1.75. The van der Waals surface area contributed by atoms with Crippen molar-refractivity contribution in [2.75, 3.05) is 40.5 Å². The van der Waals surface area contributed by atoms with E-state index < -0.39 is 6.10 Å². The van der Waals surface area contributed by atoms with Crippen LogP contribution in [0.15, 0.2) is 72.8 Å². The minimum absolute atomic E-state index is 0.171. The first-order chi connectivity index (χ1) is 19.0. The average Bonchev–Trinajstić information content (AvgIpc) is 2.97. The van der Waals surface area contributed by atoms with Crippen LogP contribution in [0.2, 0.25) is 0 Å².